The predicted octanol–water partition coefficient (Wildman–Crippen LogP) is 2.76. The van der Waals surface area contributed by atoms with E-state index in [1.807, 2.05) is 43.5 Å². The van der Waals surface area contributed by atoms with E-state index in [2.05, 4.69) is 31.2 Å². The van der Waals surface area contributed by atoms with Crippen molar-refractivity contribution in [2.24, 2.45) is 5.92 Å². The molecule has 0 spiro atoms. The van der Waals surface area contributed by atoms with E-state index in [0.29, 0.717) is 0 Å². The predicted molar refractivity (Wildman–Crippen MR) is 105 cm³/mol. The third kappa shape index (κ3) is 3.16. The van der Waals surface area contributed by atoms with E-state index in [-0.39, 0.29) is 23.8 Å². The Balaban J connectivity index is 1.19. The van der Waals surface area contributed by atoms with Gasteiger partial charge in [-0.05, 0) is 44.0 Å². The first-order chi connectivity index (χ1) is 13.2. The van der Waals surface area contributed by atoms with Gasteiger partial charge in [-0.2, -0.15) is 0 Å². The van der Waals surface area contributed by atoms with Crippen LogP contribution in [-0.2, 0) is 4.79 Å². The van der Waals surface area contributed by atoms with Crippen molar-refractivity contribution in [2.75, 3.05) is 18.0 Å². The van der Waals surface area contributed by atoms with Crippen molar-refractivity contribution in [1.29, 1.82) is 0 Å². The molecule has 2 N–H and O–H groups in total. The van der Waals surface area contributed by atoms with Gasteiger partial charge in [0.2, 0.25) is 5.91 Å². The van der Waals surface area contributed by atoms with Gasteiger partial charge < -0.3 is 15.2 Å². The summed E-state index contributed by atoms with van der Waals surface area (Å²) in [5, 5.41) is 3.24. The molecule has 3 atom stereocenters. The number of rotatable bonds is 4. The number of carbonyl (C=O) groups excluding carboxylic acids is 1. The Kier molecular flexibility index (Phi) is 3.85. The molecular weight excluding hydrogens is 338 g/mol. The topological polar surface area (TPSA) is 73.9 Å². The summed E-state index contributed by atoms with van der Waals surface area (Å²) in [6, 6.07) is 12.3. The molecule has 6 heteroatoms. The average Bonchev–Trinajstić information content (AvgIpc) is 3.15. The summed E-state index contributed by atoms with van der Waals surface area (Å²) in [4.78, 5) is 27.3. The number of H-pyrrole nitrogens is 1. The number of aromatic nitrogens is 3. The van der Waals surface area contributed by atoms with Crippen LogP contribution in [0, 0.1) is 12.8 Å². The van der Waals surface area contributed by atoms with Crippen molar-refractivity contribution in [1.82, 2.24) is 20.3 Å². The number of pyridine rings is 1. The number of fused-ring (bicyclic) bond motifs is 1. The molecule has 1 aliphatic heterocycles. The highest BCUT2D eigenvalue weighted by atomic mass is 16.2. The number of hydrogen-bond donors (Lipinski definition) is 2. The van der Waals surface area contributed by atoms with Crippen LogP contribution in [0.3, 0.4) is 0 Å². The van der Waals surface area contributed by atoms with E-state index in [1.165, 1.54) is 0 Å². The second-order valence-corrected chi connectivity index (χ2v) is 7.69. The van der Waals surface area contributed by atoms with Crippen LogP contribution in [0.5, 0.6) is 0 Å². The Bertz CT molecular complexity index is 947. The number of nitrogens with one attached hydrogen (secondary N) is 2. The zero-order valence-corrected chi connectivity index (χ0v) is 15.4. The minimum absolute atomic E-state index is 0.0423. The SMILES string of the molecule is Cc1ccc(N2CC[C@H](NC(=O)[C@H]3C[C@@H]3c3nc4ccccc4[nH]3)C2)cn1. The highest BCUT2D eigenvalue weighted by Crippen LogP contribution is 2.46. The van der Waals surface area contributed by atoms with E-state index >= 15 is 0 Å². The van der Waals surface area contributed by atoms with Gasteiger partial charge in [-0.3, -0.25) is 9.78 Å². The summed E-state index contributed by atoms with van der Waals surface area (Å²) in [6.07, 6.45) is 3.77. The average molecular weight is 361 g/mol. The van der Waals surface area contributed by atoms with E-state index in [9.17, 15) is 4.79 Å². The fourth-order valence-corrected chi connectivity index (χ4v) is 4.00. The quantitative estimate of drug-likeness (QED) is 0.749. The number of carbonyl (C=O) groups is 1. The minimum Gasteiger partial charge on any atom is -0.368 e. The van der Waals surface area contributed by atoms with Gasteiger partial charge >= 0.3 is 0 Å². The van der Waals surface area contributed by atoms with Crippen LogP contribution in [-0.4, -0.2) is 40.0 Å². The monoisotopic (exact) mass is 361 g/mol. The van der Waals surface area contributed by atoms with Crippen LogP contribution in [0.2, 0.25) is 0 Å². The van der Waals surface area contributed by atoms with Gasteiger partial charge in [0, 0.05) is 36.7 Å². The molecule has 1 aliphatic carbocycles. The lowest BCUT2D eigenvalue weighted by Gasteiger charge is -2.18. The molecule has 0 radical (unpaired) electrons. The first-order valence-corrected chi connectivity index (χ1v) is 9.60. The lowest BCUT2D eigenvalue weighted by Crippen LogP contribution is -2.38. The minimum atomic E-state index is 0.0423. The maximum atomic E-state index is 12.7. The standard InChI is InChI=1S/C21H23N5O/c1-13-6-7-15(11-22-13)26-9-8-14(12-26)23-21(27)17-10-16(17)20-24-18-4-2-3-5-19(18)25-20/h2-7,11,14,16-17H,8-10,12H2,1H3,(H,23,27)(H,24,25)/t14-,16-,17-/m0/s1. The van der Waals surface area contributed by atoms with Gasteiger partial charge in [0.1, 0.15) is 5.82 Å². The molecule has 6 nitrogen and oxygen atoms in total. The first-order valence-electron chi connectivity index (χ1n) is 9.60. The van der Waals surface area contributed by atoms with Gasteiger partial charge in [-0.15, -0.1) is 0 Å². The number of nitrogens with zero attached hydrogens (tertiary/aromatic N) is 3. The number of aromatic amines is 1. The Morgan fingerprint density at radius 3 is 2.96 bits per heavy atom. The zero-order valence-electron chi connectivity index (χ0n) is 15.4. The molecule has 2 fully saturated rings. The summed E-state index contributed by atoms with van der Waals surface area (Å²) in [5.41, 5.74) is 4.16. The smallest absolute Gasteiger partial charge is 0.224 e. The second-order valence-electron chi connectivity index (χ2n) is 7.69. The molecule has 2 aliphatic rings. The van der Waals surface area contributed by atoms with Crippen molar-refractivity contribution >= 4 is 22.6 Å². The molecule has 1 saturated carbocycles. The number of anilines is 1. The number of para-hydroxylation sites is 2. The van der Waals surface area contributed by atoms with Crippen molar-refractivity contribution < 1.29 is 4.79 Å². The van der Waals surface area contributed by atoms with Gasteiger partial charge in [-0.25, -0.2) is 4.98 Å². The zero-order chi connectivity index (χ0) is 18.4. The Morgan fingerprint density at radius 2 is 2.15 bits per heavy atom. The number of amides is 1. The van der Waals surface area contributed by atoms with Crippen molar-refractivity contribution in [3.8, 4) is 0 Å². The fraction of sp³-hybridized carbons (Fsp3) is 0.381. The highest BCUT2D eigenvalue weighted by molar-refractivity contribution is 5.83. The summed E-state index contributed by atoms with van der Waals surface area (Å²) in [6.45, 7) is 3.79. The Hall–Kier alpha value is -2.89. The van der Waals surface area contributed by atoms with Crippen LogP contribution in [0.25, 0.3) is 11.0 Å². The lowest BCUT2D eigenvalue weighted by atomic mass is 10.2. The molecule has 1 aromatic carbocycles. The number of imidazole rings is 1. The molecule has 0 bridgehead atoms. The van der Waals surface area contributed by atoms with Gasteiger partial charge in [0.25, 0.3) is 0 Å². The lowest BCUT2D eigenvalue weighted by molar-refractivity contribution is -0.123. The molecular formula is C21H23N5O. The molecule has 1 amide bonds. The number of hydrogen-bond acceptors (Lipinski definition) is 4. The van der Waals surface area contributed by atoms with E-state index in [4.69, 9.17) is 0 Å². The highest BCUT2D eigenvalue weighted by Gasteiger charge is 2.46. The normalized spacial score (nSPS) is 24.3. The molecule has 3 aromatic rings. The molecule has 0 unspecified atom stereocenters. The molecule has 2 aromatic heterocycles. The van der Waals surface area contributed by atoms with Gasteiger partial charge in [0.05, 0.1) is 22.9 Å². The van der Waals surface area contributed by atoms with E-state index < -0.39 is 0 Å². The summed E-state index contributed by atoms with van der Waals surface area (Å²) < 4.78 is 0. The van der Waals surface area contributed by atoms with Crippen LogP contribution in [0.1, 0.15) is 30.3 Å². The molecule has 27 heavy (non-hydrogen) atoms. The van der Waals surface area contributed by atoms with Crippen LogP contribution < -0.4 is 10.2 Å². The third-order valence-electron chi connectivity index (χ3n) is 5.68. The largest absolute Gasteiger partial charge is 0.368 e. The molecule has 3 heterocycles. The molecule has 138 valence electrons. The van der Waals surface area contributed by atoms with Crippen LogP contribution in [0.15, 0.2) is 42.6 Å². The number of benzene rings is 1. The van der Waals surface area contributed by atoms with Gasteiger partial charge in [0.15, 0.2) is 0 Å². The maximum Gasteiger partial charge on any atom is 0.224 e. The number of aryl methyl sites for hydroxylation is 1. The molecule has 1 saturated heterocycles. The Labute approximate surface area is 158 Å². The van der Waals surface area contributed by atoms with E-state index in [1.54, 1.807) is 0 Å². The Morgan fingerprint density at radius 1 is 1.26 bits per heavy atom. The van der Waals surface area contributed by atoms with Crippen LogP contribution >= 0.6 is 0 Å². The third-order valence-corrected chi connectivity index (χ3v) is 5.68. The summed E-state index contributed by atoms with van der Waals surface area (Å²) in [7, 11) is 0. The second kappa shape index (κ2) is 6.37. The van der Waals surface area contributed by atoms with Crippen molar-refractivity contribution in [2.45, 2.75) is 31.7 Å². The fourth-order valence-electron chi connectivity index (χ4n) is 4.00. The molecule has 5 rings (SSSR count). The van der Waals surface area contributed by atoms with Crippen LogP contribution in [0.4, 0.5) is 5.69 Å². The summed E-state index contributed by atoms with van der Waals surface area (Å²) in [5.74, 6) is 1.36. The van der Waals surface area contributed by atoms with Gasteiger partial charge in [-0.1, -0.05) is 12.1 Å². The maximum absolute atomic E-state index is 12.7. The van der Waals surface area contributed by atoms with E-state index in [0.717, 1.165) is 54.2 Å². The van der Waals surface area contributed by atoms with Crippen molar-refractivity contribution in [3.05, 3.63) is 54.1 Å². The van der Waals surface area contributed by atoms with Crippen molar-refractivity contribution in [3.63, 3.8) is 0 Å². The summed E-state index contributed by atoms with van der Waals surface area (Å²) >= 11 is 0. The first kappa shape index (κ1) is 16.3.